The number of pyridine rings is 1. The van der Waals surface area contributed by atoms with Crippen molar-refractivity contribution in [2.24, 2.45) is 0 Å². The summed E-state index contributed by atoms with van der Waals surface area (Å²) in [6.45, 7) is 0.761. The van der Waals surface area contributed by atoms with Crippen LogP contribution in [-0.4, -0.2) is 31.0 Å². The quantitative estimate of drug-likeness (QED) is 0.440. The van der Waals surface area contributed by atoms with Gasteiger partial charge in [-0.1, -0.05) is 36.4 Å². The molecule has 0 radical (unpaired) electrons. The van der Waals surface area contributed by atoms with Crippen molar-refractivity contribution in [3.63, 3.8) is 0 Å². The second-order valence-electron chi connectivity index (χ2n) is 7.19. The number of aromatic nitrogens is 5. The lowest BCUT2D eigenvalue weighted by atomic mass is 10.1. The zero-order valence-electron chi connectivity index (χ0n) is 16.8. The summed E-state index contributed by atoms with van der Waals surface area (Å²) < 4.78 is 1.96. The zero-order chi connectivity index (χ0) is 21.0. The van der Waals surface area contributed by atoms with Gasteiger partial charge in [0.1, 0.15) is 18.0 Å². The van der Waals surface area contributed by atoms with Crippen molar-refractivity contribution in [3.05, 3.63) is 91.0 Å². The van der Waals surface area contributed by atoms with Gasteiger partial charge in [0.2, 0.25) is 5.95 Å². The van der Waals surface area contributed by atoms with E-state index in [9.17, 15) is 0 Å². The Morgan fingerprint density at radius 2 is 1.74 bits per heavy atom. The standard InChI is InChI=1S/C24H21N7/c25-22-9-7-19(15-28-22)18-6-8-21-20(14-18)29-16-31(21)23-11-13-27-24(30-23)26-12-10-17-4-2-1-3-5-17/h1-9,11,13-16H,10,12H2,(H2,25,28)(H,26,27,30). The van der Waals surface area contributed by atoms with Crippen LogP contribution in [0.4, 0.5) is 11.8 Å². The van der Waals surface area contributed by atoms with E-state index in [1.807, 2.05) is 53.1 Å². The average Bonchev–Trinajstić information content (AvgIpc) is 3.24. The maximum atomic E-state index is 5.69. The Kier molecular flexibility index (Phi) is 4.98. The molecule has 0 atom stereocenters. The maximum Gasteiger partial charge on any atom is 0.224 e. The van der Waals surface area contributed by atoms with Crippen LogP contribution in [0.1, 0.15) is 5.56 Å². The minimum absolute atomic E-state index is 0.506. The minimum Gasteiger partial charge on any atom is -0.384 e. The first kappa shape index (κ1) is 18.7. The number of imidazole rings is 1. The first-order chi connectivity index (χ1) is 15.3. The molecule has 0 bridgehead atoms. The summed E-state index contributed by atoms with van der Waals surface area (Å²) in [4.78, 5) is 17.7. The molecule has 5 aromatic rings. The minimum atomic E-state index is 0.506. The van der Waals surface area contributed by atoms with Crippen molar-refractivity contribution in [2.75, 3.05) is 17.6 Å². The first-order valence-corrected chi connectivity index (χ1v) is 10.1. The lowest BCUT2D eigenvalue weighted by molar-refractivity contribution is 0.953. The summed E-state index contributed by atoms with van der Waals surface area (Å²) in [7, 11) is 0. The highest BCUT2D eigenvalue weighted by Gasteiger charge is 2.09. The molecule has 7 nitrogen and oxygen atoms in total. The van der Waals surface area contributed by atoms with E-state index in [1.54, 1.807) is 24.8 Å². The van der Waals surface area contributed by atoms with Gasteiger partial charge < -0.3 is 11.1 Å². The molecule has 5 rings (SSSR count). The van der Waals surface area contributed by atoms with E-state index in [1.165, 1.54) is 5.56 Å². The third-order valence-electron chi connectivity index (χ3n) is 5.09. The van der Waals surface area contributed by atoms with E-state index < -0.39 is 0 Å². The number of benzene rings is 2. The Balaban J connectivity index is 1.36. The fourth-order valence-electron chi connectivity index (χ4n) is 3.48. The smallest absolute Gasteiger partial charge is 0.224 e. The molecule has 0 aliphatic carbocycles. The van der Waals surface area contributed by atoms with Gasteiger partial charge in [-0.2, -0.15) is 4.98 Å². The molecular weight excluding hydrogens is 386 g/mol. The van der Waals surface area contributed by atoms with Gasteiger partial charge in [-0.3, -0.25) is 4.57 Å². The van der Waals surface area contributed by atoms with Gasteiger partial charge >= 0.3 is 0 Å². The third kappa shape index (κ3) is 4.06. The number of anilines is 2. The highest BCUT2D eigenvalue weighted by Crippen LogP contribution is 2.25. The summed E-state index contributed by atoms with van der Waals surface area (Å²) in [6, 6.07) is 22.1. The van der Waals surface area contributed by atoms with Crippen LogP contribution in [0.3, 0.4) is 0 Å². The number of nitrogens with one attached hydrogen (secondary N) is 1. The summed E-state index contributed by atoms with van der Waals surface area (Å²) in [5.74, 6) is 1.87. The molecule has 0 spiro atoms. The van der Waals surface area contributed by atoms with Crippen molar-refractivity contribution in [3.8, 4) is 16.9 Å². The third-order valence-corrected chi connectivity index (χ3v) is 5.09. The van der Waals surface area contributed by atoms with Crippen LogP contribution in [0.15, 0.2) is 85.5 Å². The molecular formula is C24H21N7. The molecule has 7 heteroatoms. The summed E-state index contributed by atoms with van der Waals surface area (Å²) in [5, 5.41) is 3.31. The number of fused-ring (bicyclic) bond motifs is 1. The van der Waals surface area contributed by atoms with Crippen molar-refractivity contribution < 1.29 is 0 Å². The fourth-order valence-corrected chi connectivity index (χ4v) is 3.48. The Morgan fingerprint density at radius 3 is 2.58 bits per heavy atom. The molecule has 0 amide bonds. The number of nitrogens with zero attached hydrogens (tertiary/aromatic N) is 5. The topological polar surface area (TPSA) is 94.5 Å². The lowest BCUT2D eigenvalue weighted by Crippen LogP contribution is -2.09. The summed E-state index contributed by atoms with van der Waals surface area (Å²) in [6.07, 6.45) is 6.22. The van der Waals surface area contributed by atoms with Crippen LogP contribution in [0, 0.1) is 0 Å². The highest BCUT2D eigenvalue weighted by atomic mass is 15.2. The average molecular weight is 407 g/mol. The normalized spacial score (nSPS) is 11.0. The second kappa shape index (κ2) is 8.23. The van der Waals surface area contributed by atoms with Gasteiger partial charge in [0.25, 0.3) is 0 Å². The number of hydrogen-bond donors (Lipinski definition) is 2. The van der Waals surface area contributed by atoms with Gasteiger partial charge in [0.15, 0.2) is 0 Å². The van der Waals surface area contributed by atoms with Crippen LogP contribution >= 0.6 is 0 Å². The predicted octanol–water partition coefficient (Wildman–Crippen LogP) is 4.11. The van der Waals surface area contributed by atoms with E-state index in [-0.39, 0.29) is 0 Å². The van der Waals surface area contributed by atoms with Gasteiger partial charge in [-0.25, -0.2) is 15.0 Å². The fraction of sp³-hybridized carbons (Fsp3) is 0.0833. The molecule has 0 saturated heterocycles. The molecule has 0 aliphatic heterocycles. The largest absolute Gasteiger partial charge is 0.384 e. The molecule has 3 heterocycles. The van der Waals surface area contributed by atoms with Crippen molar-refractivity contribution in [1.82, 2.24) is 24.5 Å². The second-order valence-corrected chi connectivity index (χ2v) is 7.19. The number of rotatable bonds is 6. The molecule has 0 saturated carbocycles. The Bertz CT molecular complexity index is 1310. The highest BCUT2D eigenvalue weighted by molar-refractivity contribution is 5.83. The first-order valence-electron chi connectivity index (χ1n) is 10.1. The van der Waals surface area contributed by atoms with Gasteiger partial charge in [-0.15, -0.1) is 0 Å². The number of nitrogens with two attached hydrogens (primary N) is 1. The monoisotopic (exact) mass is 407 g/mol. The molecule has 0 unspecified atom stereocenters. The summed E-state index contributed by atoms with van der Waals surface area (Å²) in [5.41, 5.74) is 10.9. The maximum absolute atomic E-state index is 5.69. The van der Waals surface area contributed by atoms with Crippen molar-refractivity contribution in [1.29, 1.82) is 0 Å². The molecule has 0 aliphatic rings. The van der Waals surface area contributed by atoms with E-state index in [2.05, 4.69) is 37.4 Å². The van der Waals surface area contributed by atoms with E-state index in [4.69, 9.17) is 5.73 Å². The number of hydrogen-bond acceptors (Lipinski definition) is 6. The molecule has 0 fully saturated rings. The van der Waals surface area contributed by atoms with Crippen LogP contribution in [0.2, 0.25) is 0 Å². The predicted molar refractivity (Wildman–Crippen MR) is 123 cm³/mol. The van der Waals surface area contributed by atoms with Crippen LogP contribution < -0.4 is 11.1 Å². The molecule has 3 aromatic heterocycles. The molecule has 31 heavy (non-hydrogen) atoms. The van der Waals surface area contributed by atoms with E-state index in [0.29, 0.717) is 11.8 Å². The van der Waals surface area contributed by atoms with Crippen molar-refractivity contribution in [2.45, 2.75) is 6.42 Å². The Morgan fingerprint density at radius 1 is 0.871 bits per heavy atom. The van der Waals surface area contributed by atoms with E-state index in [0.717, 1.165) is 40.9 Å². The summed E-state index contributed by atoms with van der Waals surface area (Å²) >= 11 is 0. The molecule has 152 valence electrons. The SMILES string of the molecule is Nc1ccc(-c2ccc3c(c2)ncn3-c2ccnc(NCCc3ccccc3)n2)cn1. The van der Waals surface area contributed by atoms with Crippen molar-refractivity contribution >= 4 is 22.8 Å². The van der Waals surface area contributed by atoms with Crippen LogP contribution in [-0.2, 0) is 6.42 Å². The van der Waals surface area contributed by atoms with Gasteiger partial charge in [0, 0.05) is 24.5 Å². The van der Waals surface area contributed by atoms with Crippen LogP contribution in [0.25, 0.3) is 28.0 Å². The van der Waals surface area contributed by atoms with Gasteiger partial charge in [-0.05, 0) is 47.9 Å². The Labute approximate surface area is 179 Å². The van der Waals surface area contributed by atoms with Crippen LogP contribution in [0.5, 0.6) is 0 Å². The lowest BCUT2D eigenvalue weighted by Gasteiger charge is -2.08. The molecule has 2 aromatic carbocycles. The van der Waals surface area contributed by atoms with Gasteiger partial charge in [0.05, 0.1) is 11.0 Å². The number of nitrogen functional groups attached to an aromatic ring is 1. The molecule has 3 N–H and O–H groups in total. The Hall–Kier alpha value is -4.26. The van der Waals surface area contributed by atoms with E-state index >= 15 is 0 Å². The zero-order valence-corrected chi connectivity index (χ0v) is 16.8.